The van der Waals surface area contributed by atoms with Gasteiger partial charge >= 0.3 is 5.97 Å². The molecule has 0 atom stereocenters. The maximum Gasteiger partial charge on any atom is 0.342 e. The van der Waals surface area contributed by atoms with Crippen LogP contribution in [0.4, 0.5) is 0 Å². The van der Waals surface area contributed by atoms with Crippen molar-refractivity contribution >= 4 is 39.3 Å². The fourth-order valence-electron chi connectivity index (χ4n) is 2.52. The number of hydrogen-bond donors (Lipinski definition) is 1. The molecular formula is C16H13ClO4. The fourth-order valence-corrected chi connectivity index (χ4v) is 2.80. The fraction of sp³-hybridized carbons (Fsp3) is 0.188. The molecule has 1 heterocycles. The Morgan fingerprint density at radius 1 is 1.33 bits per heavy atom. The number of phenolic OH excluding ortho intramolecular Hbond substituents is 1. The Labute approximate surface area is 125 Å². The van der Waals surface area contributed by atoms with E-state index in [1.165, 1.54) is 0 Å². The van der Waals surface area contributed by atoms with Crippen LogP contribution < -0.4 is 0 Å². The minimum atomic E-state index is -0.509. The molecule has 4 nitrogen and oxygen atoms in total. The molecule has 0 radical (unpaired) electrons. The third-order valence-corrected chi connectivity index (χ3v) is 3.79. The van der Waals surface area contributed by atoms with E-state index in [1.54, 1.807) is 26.0 Å². The third kappa shape index (κ3) is 1.94. The number of fused-ring (bicyclic) bond motifs is 3. The molecule has 0 bridgehead atoms. The van der Waals surface area contributed by atoms with E-state index >= 15 is 0 Å². The highest BCUT2D eigenvalue weighted by Crippen LogP contribution is 2.44. The molecule has 0 saturated heterocycles. The lowest BCUT2D eigenvalue weighted by molar-refractivity contribution is 0.0526. The molecule has 0 unspecified atom stereocenters. The number of hydrogen-bond acceptors (Lipinski definition) is 4. The minimum absolute atomic E-state index is 0.0638. The summed E-state index contributed by atoms with van der Waals surface area (Å²) < 4.78 is 10.8. The average molecular weight is 305 g/mol. The number of furan rings is 1. The van der Waals surface area contributed by atoms with Crippen LogP contribution in [0.5, 0.6) is 5.75 Å². The maximum absolute atomic E-state index is 12.1. The van der Waals surface area contributed by atoms with E-state index in [0.717, 1.165) is 0 Å². The van der Waals surface area contributed by atoms with Gasteiger partial charge < -0.3 is 14.3 Å². The van der Waals surface area contributed by atoms with E-state index in [4.69, 9.17) is 20.8 Å². The summed E-state index contributed by atoms with van der Waals surface area (Å²) in [5.41, 5.74) is 0.742. The van der Waals surface area contributed by atoms with Crippen LogP contribution in [0.1, 0.15) is 23.0 Å². The molecule has 0 aliphatic heterocycles. The number of aryl methyl sites for hydroxylation is 1. The number of ether oxygens (including phenoxy) is 1. The Kier molecular flexibility index (Phi) is 3.26. The van der Waals surface area contributed by atoms with Gasteiger partial charge in [0, 0.05) is 10.8 Å². The van der Waals surface area contributed by atoms with Gasteiger partial charge in [0.05, 0.1) is 17.0 Å². The van der Waals surface area contributed by atoms with Crippen molar-refractivity contribution < 1.29 is 19.1 Å². The largest absolute Gasteiger partial charge is 0.506 e. The molecule has 21 heavy (non-hydrogen) atoms. The Morgan fingerprint density at radius 3 is 2.67 bits per heavy atom. The summed E-state index contributed by atoms with van der Waals surface area (Å²) in [5, 5.41) is 12.1. The van der Waals surface area contributed by atoms with E-state index in [1.807, 2.05) is 12.1 Å². The molecule has 0 saturated carbocycles. The number of phenols is 1. The van der Waals surface area contributed by atoms with Crippen LogP contribution in [0.15, 0.2) is 28.7 Å². The number of halogens is 1. The van der Waals surface area contributed by atoms with Crippen molar-refractivity contribution in [1.82, 2.24) is 0 Å². The first-order valence-corrected chi connectivity index (χ1v) is 6.93. The van der Waals surface area contributed by atoms with Crippen LogP contribution in [0.2, 0.25) is 5.02 Å². The Hall–Kier alpha value is -2.20. The lowest BCUT2D eigenvalue weighted by atomic mass is 10.0. The molecule has 0 spiro atoms. The predicted molar refractivity (Wildman–Crippen MR) is 81.1 cm³/mol. The Balaban J connectivity index is 2.48. The molecule has 1 N–H and O–H groups in total. The van der Waals surface area contributed by atoms with Gasteiger partial charge in [-0.3, -0.25) is 0 Å². The maximum atomic E-state index is 12.1. The van der Waals surface area contributed by atoms with Crippen molar-refractivity contribution in [1.29, 1.82) is 0 Å². The second-order valence-electron chi connectivity index (χ2n) is 4.67. The minimum Gasteiger partial charge on any atom is -0.506 e. The Morgan fingerprint density at radius 2 is 2.00 bits per heavy atom. The lowest BCUT2D eigenvalue weighted by Gasteiger charge is -2.06. The average Bonchev–Trinajstić information content (AvgIpc) is 2.83. The van der Waals surface area contributed by atoms with Crippen molar-refractivity contribution in [3.05, 3.63) is 40.6 Å². The number of esters is 1. The zero-order valence-corrected chi connectivity index (χ0v) is 12.3. The lowest BCUT2D eigenvalue weighted by Crippen LogP contribution is -2.05. The summed E-state index contributed by atoms with van der Waals surface area (Å²) >= 11 is 6.25. The van der Waals surface area contributed by atoms with Crippen LogP contribution in [0.3, 0.4) is 0 Å². The van der Waals surface area contributed by atoms with Crippen molar-refractivity contribution in [3.8, 4) is 5.75 Å². The third-order valence-electron chi connectivity index (χ3n) is 3.42. The molecular weight excluding hydrogens is 292 g/mol. The summed E-state index contributed by atoms with van der Waals surface area (Å²) in [6, 6.07) is 7.19. The van der Waals surface area contributed by atoms with E-state index < -0.39 is 5.97 Å². The number of carbonyl (C=O) groups is 1. The molecule has 1 aromatic heterocycles. The molecule has 0 aliphatic rings. The van der Waals surface area contributed by atoms with Gasteiger partial charge in [0.1, 0.15) is 22.7 Å². The van der Waals surface area contributed by atoms with E-state index in [2.05, 4.69) is 0 Å². The number of aromatic hydroxyl groups is 1. The second-order valence-corrected chi connectivity index (χ2v) is 5.04. The van der Waals surface area contributed by atoms with Gasteiger partial charge in [0.2, 0.25) is 0 Å². The zero-order chi connectivity index (χ0) is 15.1. The van der Waals surface area contributed by atoms with E-state index in [-0.39, 0.29) is 22.9 Å². The first-order chi connectivity index (χ1) is 10.1. The first-order valence-electron chi connectivity index (χ1n) is 6.55. The van der Waals surface area contributed by atoms with Crippen LogP contribution >= 0.6 is 11.6 Å². The highest BCUT2D eigenvalue weighted by molar-refractivity contribution is 6.40. The van der Waals surface area contributed by atoms with Gasteiger partial charge in [0.25, 0.3) is 0 Å². The summed E-state index contributed by atoms with van der Waals surface area (Å²) in [7, 11) is 0. The van der Waals surface area contributed by atoms with Crippen molar-refractivity contribution in [2.24, 2.45) is 0 Å². The highest BCUT2D eigenvalue weighted by atomic mass is 35.5. The van der Waals surface area contributed by atoms with Crippen LogP contribution in [-0.2, 0) is 4.74 Å². The summed E-state index contributed by atoms with van der Waals surface area (Å²) in [5.74, 6) is -0.155. The first kappa shape index (κ1) is 13.8. The quantitative estimate of drug-likeness (QED) is 0.711. The SMILES string of the molecule is CCOC(=O)c1c(C)oc2c1c(Cl)c(O)c1ccccc12. The summed E-state index contributed by atoms with van der Waals surface area (Å²) in [6.45, 7) is 3.65. The van der Waals surface area contributed by atoms with Crippen molar-refractivity contribution in [3.63, 3.8) is 0 Å². The number of benzene rings is 2. The van der Waals surface area contributed by atoms with Gasteiger partial charge in [-0.15, -0.1) is 0 Å². The molecule has 0 aliphatic carbocycles. The molecule has 0 amide bonds. The van der Waals surface area contributed by atoms with Gasteiger partial charge in [-0.25, -0.2) is 4.79 Å². The smallest absolute Gasteiger partial charge is 0.342 e. The topological polar surface area (TPSA) is 59.7 Å². The van der Waals surface area contributed by atoms with E-state index in [9.17, 15) is 9.90 Å². The van der Waals surface area contributed by atoms with Crippen LogP contribution in [-0.4, -0.2) is 17.7 Å². The van der Waals surface area contributed by atoms with E-state index in [0.29, 0.717) is 27.5 Å². The molecule has 3 rings (SSSR count). The van der Waals surface area contributed by atoms with Gasteiger partial charge in [-0.05, 0) is 13.8 Å². The van der Waals surface area contributed by atoms with Gasteiger partial charge in [-0.1, -0.05) is 35.9 Å². The molecule has 0 fully saturated rings. The zero-order valence-electron chi connectivity index (χ0n) is 11.6. The predicted octanol–water partition coefficient (Wildman–Crippen LogP) is 4.43. The number of rotatable bonds is 2. The summed E-state index contributed by atoms with van der Waals surface area (Å²) in [6.07, 6.45) is 0. The van der Waals surface area contributed by atoms with Crippen molar-refractivity contribution in [2.75, 3.05) is 6.61 Å². The molecule has 2 aromatic carbocycles. The molecule has 3 aromatic rings. The summed E-state index contributed by atoms with van der Waals surface area (Å²) in [4.78, 5) is 12.1. The van der Waals surface area contributed by atoms with Crippen LogP contribution in [0, 0.1) is 6.92 Å². The molecule has 5 heteroatoms. The normalized spacial score (nSPS) is 11.2. The standard InChI is InChI=1S/C16H13ClO4/c1-3-20-16(19)11-8(2)21-15-10-7-5-4-6-9(10)14(18)13(17)12(11)15/h4-7,18H,3H2,1-2H3. The van der Waals surface area contributed by atoms with Crippen LogP contribution in [0.25, 0.3) is 21.7 Å². The van der Waals surface area contributed by atoms with Crippen molar-refractivity contribution in [2.45, 2.75) is 13.8 Å². The van der Waals surface area contributed by atoms with Gasteiger partial charge in [-0.2, -0.15) is 0 Å². The Bertz CT molecular complexity index is 864. The highest BCUT2D eigenvalue weighted by Gasteiger charge is 2.25. The second kappa shape index (κ2) is 4.97. The molecule has 108 valence electrons. The monoisotopic (exact) mass is 304 g/mol. The number of carbonyl (C=O) groups excluding carboxylic acids is 1. The van der Waals surface area contributed by atoms with Gasteiger partial charge in [0.15, 0.2) is 0 Å².